The summed E-state index contributed by atoms with van der Waals surface area (Å²) in [5.41, 5.74) is 8.39. The number of hydrogen-bond donors (Lipinski definition) is 1. The summed E-state index contributed by atoms with van der Waals surface area (Å²) >= 11 is 0. The first-order valence-corrected chi connectivity index (χ1v) is 5.56. The van der Waals surface area contributed by atoms with Crippen molar-refractivity contribution < 1.29 is 4.39 Å². The van der Waals surface area contributed by atoms with Crippen molar-refractivity contribution in [3.63, 3.8) is 0 Å². The number of nitrogens with two attached hydrogens (primary N) is 1. The average Bonchev–Trinajstić information content (AvgIpc) is 2.16. The van der Waals surface area contributed by atoms with E-state index in [4.69, 9.17) is 5.73 Å². The van der Waals surface area contributed by atoms with Crippen LogP contribution in [-0.4, -0.2) is 0 Å². The van der Waals surface area contributed by atoms with Crippen molar-refractivity contribution >= 4 is 5.69 Å². The van der Waals surface area contributed by atoms with Crippen molar-refractivity contribution in [3.05, 3.63) is 29.1 Å². The van der Waals surface area contributed by atoms with E-state index in [1.165, 1.54) is 6.07 Å². The third-order valence-electron chi connectivity index (χ3n) is 2.99. The van der Waals surface area contributed by atoms with Gasteiger partial charge in [0, 0.05) is 11.3 Å². The van der Waals surface area contributed by atoms with Crippen molar-refractivity contribution in [3.8, 4) is 0 Å². The molecule has 15 heavy (non-hydrogen) atoms. The van der Waals surface area contributed by atoms with Crippen molar-refractivity contribution in [2.45, 2.75) is 46.0 Å². The zero-order chi connectivity index (χ0) is 11.6. The van der Waals surface area contributed by atoms with Gasteiger partial charge in [-0.1, -0.05) is 33.8 Å². The smallest absolute Gasteiger partial charge is 0.128 e. The van der Waals surface area contributed by atoms with E-state index in [0.717, 1.165) is 12.0 Å². The molecule has 0 aliphatic carbocycles. The highest BCUT2D eigenvalue weighted by Crippen LogP contribution is 2.33. The van der Waals surface area contributed by atoms with Crippen LogP contribution in [0.4, 0.5) is 10.1 Å². The van der Waals surface area contributed by atoms with Gasteiger partial charge in [-0.3, -0.25) is 0 Å². The Morgan fingerprint density at radius 2 is 1.87 bits per heavy atom. The molecule has 84 valence electrons. The third-order valence-corrected chi connectivity index (χ3v) is 2.99. The highest BCUT2D eigenvalue weighted by Gasteiger charge is 2.16. The minimum Gasteiger partial charge on any atom is -0.398 e. The van der Waals surface area contributed by atoms with Crippen LogP contribution in [0.2, 0.25) is 0 Å². The Balaban J connectivity index is 3.28. The normalized spacial score (nSPS) is 13.2. The Hall–Kier alpha value is -1.05. The predicted octanol–water partition coefficient (Wildman–Crippen LogP) is 4.04. The van der Waals surface area contributed by atoms with E-state index in [9.17, 15) is 4.39 Å². The van der Waals surface area contributed by atoms with Gasteiger partial charge in [0.1, 0.15) is 5.82 Å². The summed E-state index contributed by atoms with van der Waals surface area (Å²) in [5, 5.41) is 0. The molecule has 0 bridgehead atoms. The maximum Gasteiger partial charge on any atom is 0.128 e. The average molecular weight is 209 g/mol. The van der Waals surface area contributed by atoms with Gasteiger partial charge in [0.25, 0.3) is 0 Å². The fourth-order valence-electron chi connectivity index (χ4n) is 1.86. The summed E-state index contributed by atoms with van der Waals surface area (Å²) in [7, 11) is 0. The number of halogens is 1. The molecule has 1 unspecified atom stereocenters. The molecule has 0 radical (unpaired) electrons. The first-order valence-electron chi connectivity index (χ1n) is 5.56. The fourth-order valence-corrected chi connectivity index (χ4v) is 1.86. The maximum atomic E-state index is 13.6. The van der Waals surface area contributed by atoms with E-state index < -0.39 is 0 Å². The van der Waals surface area contributed by atoms with Crippen LogP contribution in [0.5, 0.6) is 0 Å². The van der Waals surface area contributed by atoms with Gasteiger partial charge in [0.15, 0.2) is 0 Å². The van der Waals surface area contributed by atoms with Gasteiger partial charge in [-0.25, -0.2) is 4.39 Å². The van der Waals surface area contributed by atoms with E-state index in [1.807, 2.05) is 19.9 Å². The molecule has 0 saturated heterocycles. The second-order valence-corrected chi connectivity index (χ2v) is 4.43. The minimum absolute atomic E-state index is 0.133. The summed E-state index contributed by atoms with van der Waals surface area (Å²) in [6.07, 6.45) is 1.02. The zero-order valence-electron chi connectivity index (χ0n) is 9.97. The molecule has 0 spiro atoms. The van der Waals surface area contributed by atoms with Crippen LogP contribution < -0.4 is 5.73 Å². The van der Waals surface area contributed by atoms with E-state index in [-0.39, 0.29) is 11.7 Å². The van der Waals surface area contributed by atoms with Gasteiger partial charge in [-0.05, 0) is 29.9 Å². The zero-order valence-corrected chi connectivity index (χ0v) is 9.97. The Kier molecular flexibility index (Phi) is 3.72. The van der Waals surface area contributed by atoms with Gasteiger partial charge in [-0.2, -0.15) is 0 Å². The molecule has 1 atom stereocenters. The molecule has 0 aliphatic heterocycles. The molecule has 1 aromatic carbocycles. The number of benzene rings is 1. The molecular weight excluding hydrogens is 189 g/mol. The Bertz CT molecular complexity index is 345. The van der Waals surface area contributed by atoms with Crippen LogP contribution in [0.15, 0.2) is 12.1 Å². The minimum atomic E-state index is -0.186. The maximum absolute atomic E-state index is 13.6. The number of nitrogen functional groups attached to an aromatic ring is 1. The molecule has 1 aromatic rings. The van der Waals surface area contributed by atoms with E-state index in [2.05, 4.69) is 13.8 Å². The topological polar surface area (TPSA) is 26.0 Å². The number of anilines is 1. The Morgan fingerprint density at radius 1 is 1.27 bits per heavy atom. The van der Waals surface area contributed by atoms with E-state index in [0.29, 0.717) is 17.2 Å². The summed E-state index contributed by atoms with van der Waals surface area (Å²) in [4.78, 5) is 0. The first-order chi connectivity index (χ1) is 6.99. The van der Waals surface area contributed by atoms with E-state index in [1.54, 1.807) is 0 Å². The highest BCUT2D eigenvalue weighted by atomic mass is 19.1. The first kappa shape index (κ1) is 12.0. The number of hydrogen-bond acceptors (Lipinski definition) is 1. The lowest BCUT2D eigenvalue weighted by molar-refractivity contribution is 0.596. The molecule has 0 aliphatic rings. The molecule has 0 amide bonds. The Morgan fingerprint density at radius 3 is 2.33 bits per heavy atom. The lowest BCUT2D eigenvalue weighted by Gasteiger charge is -2.18. The van der Waals surface area contributed by atoms with Crippen LogP contribution in [-0.2, 0) is 0 Å². The third kappa shape index (κ3) is 2.31. The molecule has 0 fully saturated rings. The van der Waals surface area contributed by atoms with Gasteiger partial charge < -0.3 is 5.73 Å². The van der Waals surface area contributed by atoms with Crippen LogP contribution in [0.3, 0.4) is 0 Å². The molecule has 0 heterocycles. The van der Waals surface area contributed by atoms with Gasteiger partial charge in [0.05, 0.1) is 0 Å². The summed E-state index contributed by atoms with van der Waals surface area (Å²) in [5.74, 6) is 0.339. The fraction of sp³-hybridized carbons (Fsp3) is 0.538. The van der Waals surface area contributed by atoms with E-state index >= 15 is 0 Å². The standard InChI is InChI=1S/C13H20FN/c1-5-9(4)10-6-7-11(14)12(8(2)3)13(10)15/h6-9H,5,15H2,1-4H3. The molecule has 2 N–H and O–H groups in total. The quantitative estimate of drug-likeness (QED) is 0.747. The van der Waals surface area contributed by atoms with Crippen molar-refractivity contribution in [1.82, 2.24) is 0 Å². The molecular formula is C13H20FN. The summed E-state index contributed by atoms with van der Waals surface area (Å²) < 4.78 is 13.6. The van der Waals surface area contributed by atoms with Gasteiger partial charge in [-0.15, -0.1) is 0 Å². The van der Waals surface area contributed by atoms with Crippen LogP contribution in [0.25, 0.3) is 0 Å². The summed E-state index contributed by atoms with van der Waals surface area (Å²) in [6.45, 7) is 8.17. The molecule has 1 nitrogen and oxygen atoms in total. The molecule has 2 heteroatoms. The second kappa shape index (κ2) is 4.65. The van der Waals surface area contributed by atoms with Gasteiger partial charge in [0.2, 0.25) is 0 Å². The van der Waals surface area contributed by atoms with Crippen molar-refractivity contribution in [2.24, 2.45) is 0 Å². The van der Waals surface area contributed by atoms with Crippen LogP contribution >= 0.6 is 0 Å². The highest BCUT2D eigenvalue weighted by molar-refractivity contribution is 5.57. The lowest BCUT2D eigenvalue weighted by Crippen LogP contribution is -2.06. The molecule has 0 saturated carbocycles. The number of rotatable bonds is 3. The lowest BCUT2D eigenvalue weighted by atomic mass is 9.90. The van der Waals surface area contributed by atoms with Gasteiger partial charge >= 0.3 is 0 Å². The monoisotopic (exact) mass is 209 g/mol. The molecule has 0 aromatic heterocycles. The molecule has 1 rings (SSSR count). The van der Waals surface area contributed by atoms with Crippen LogP contribution in [0, 0.1) is 5.82 Å². The van der Waals surface area contributed by atoms with Crippen molar-refractivity contribution in [1.29, 1.82) is 0 Å². The SMILES string of the molecule is CCC(C)c1ccc(F)c(C(C)C)c1N. The Labute approximate surface area is 91.5 Å². The largest absolute Gasteiger partial charge is 0.398 e. The van der Waals surface area contributed by atoms with Crippen LogP contribution in [0.1, 0.15) is 57.1 Å². The second-order valence-electron chi connectivity index (χ2n) is 4.43. The summed E-state index contributed by atoms with van der Waals surface area (Å²) in [6, 6.07) is 3.35. The van der Waals surface area contributed by atoms with Crippen molar-refractivity contribution in [2.75, 3.05) is 5.73 Å². The predicted molar refractivity (Wildman–Crippen MR) is 63.6 cm³/mol.